The summed E-state index contributed by atoms with van der Waals surface area (Å²) < 4.78 is 5.33. The van der Waals surface area contributed by atoms with Crippen molar-refractivity contribution in [1.29, 1.82) is 0 Å². The van der Waals surface area contributed by atoms with Crippen molar-refractivity contribution in [3.8, 4) is 22.8 Å². The van der Waals surface area contributed by atoms with Crippen LogP contribution >= 0.6 is 0 Å². The van der Waals surface area contributed by atoms with E-state index in [1.807, 2.05) is 54.6 Å². The van der Waals surface area contributed by atoms with Gasteiger partial charge in [-0.2, -0.15) is 4.98 Å². The fourth-order valence-electron chi connectivity index (χ4n) is 1.94. The smallest absolute Gasteiger partial charge is 0.258 e. The van der Waals surface area contributed by atoms with Gasteiger partial charge in [0.1, 0.15) is 0 Å². The summed E-state index contributed by atoms with van der Waals surface area (Å²) in [6.45, 7) is 0.444. The molecule has 2 aromatic carbocycles. The Kier molecular flexibility index (Phi) is 3.08. The third-order valence-electron chi connectivity index (χ3n) is 2.93. The van der Waals surface area contributed by atoms with Gasteiger partial charge in [0, 0.05) is 17.7 Å². The van der Waals surface area contributed by atoms with E-state index in [1.54, 1.807) is 0 Å². The highest BCUT2D eigenvalue weighted by Gasteiger charge is 2.12. The number of aromatic nitrogens is 2. The van der Waals surface area contributed by atoms with E-state index in [4.69, 9.17) is 10.3 Å². The Morgan fingerprint density at radius 1 is 0.947 bits per heavy atom. The molecule has 0 unspecified atom stereocenters. The van der Waals surface area contributed by atoms with Gasteiger partial charge in [-0.1, -0.05) is 53.7 Å². The lowest BCUT2D eigenvalue weighted by atomic mass is 10.1. The van der Waals surface area contributed by atoms with Crippen LogP contribution in [-0.4, -0.2) is 10.1 Å². The molecule has 4 nitrogen and oxygen atoms in total. The summed E-state index contributed by atoms with van der Waals surface area (Å²) >= 11 is 0. The Hall–Kier alpha value is -2.46. The van der Waals surface area contributed by atoms with Crippen LogP contribution in [0, 0.1) is 0 Å². The van der Waals surface area contributed by atoms with Crippen LogP contribution in [0.3, 0.4) is 0 Å². The quantitative estimate of drug-likeness (QED) is 0.777. The predicted molar refractivity (Wildman–Crippen MR) is 73.1 cm³/mol. The molecule has 0 spiro atoms. The first kappa shape index (κ1) is 11.6. The van der Waals surface area contributed by atoms with Crippen LogP contribution in [0.4, 0.5) is 0 Å². The molecule has 1 heterocycles. The summed E-state index contributed by atoms with van der Waals surface area (Å²) in [7, 11) is 0. The topological polar surface area (TPSA) is 64.9 Å². The summed E-state index contributed by atoms with van der Waals surface area (Å²) in [5.74, 6) is 1.09. The second kappa shape index (κ2) is 5.04. The third kappa shape index (κ3) is 2.26. The van der Waals surface area contributed by atoms with Gasteiger partial charge in [0.05, 0.1) is 0 Å². The molecule has 4 heteroatoms. The minimum atomic E-state index is 0.444. The summed E-state index contributed by atoms with van der Waals surface area (Å²) in [6.07, 6.45) is 0. The van der Waals surface area contributed by atoms with Crippen molar-refractivity contribution in [1.82, 2.24) is 10.1 Å². The molecule has 0 radical (unpaired) electrons. The molecule has 0 aliphatic heterocycles. The number of hydrogen-bond donors (Lipinski definition) is 1. The fraction of sp³-hybridized carbons (Fsp3) is 0.0667. The number of nitrogens with two attached hydrogens (primary N) is 1. The van der Waals surface area contributed by atoms with Crippen molar-refractivity contribution in [3.05, 3.63) is 60.2 Å². The maximum Gasteiger partial charge on any atom is 0.258 e. The van der Waals surface area contributed by atoms with Crippen LogP contribution in [0.1, 0.15) is 5.56 Å². The van der Waals surface area contributed by atoms with Crippen molar-refractivity contribution in [3.63, 3.8) is 0 Å². The van der Waals surface area contributed by atoms with Crippen LogP contribution in [0.15, 0.2) is 59.1 Å². The molecular weight excluding hydrogens is 238 g/mol. The van der Waals surface area contributed by atoms with Crippen molar-refractivity contribution >= 4 is 0 Å². The summed E-state index contributed by atoms with van der Waals surface area (Å²) in [5, 5.41) is 4.01. The van der Waals surface area contributed by atoms with Crippen molar-refractivity contribution in [2.45, 2.75) is 6.54 Å². The monoisotopic (exact) mass is 251 g/mol. The Balaban J connectivity index is 2.02. The van der Waals surface area contributed by atoms with Crippen LogP contribution < -0.4 is 5.73 Å². The molecule has 0 saturated heterocycles. The average Bonchev–Trinajstić information content (AvgIpc) is 2.98. The largest absolute Gasteiger partial charge is 0.334 e. The molecule has 19 heavy (non-hydrogen) atoms. The summed E-state index contributed by atoms with van der Waals surface area (Å²) in [5.41, 5.74) is 8.53. The molecule has 0 bridgehead atoms. The highest BCUT2D eigenvalue weighted by atomic mass is 16.5. The van der Waals surface area contributed by atoms with E-state index in [0.717, 1.165) is 16.7 Å². The van der Waals surface area contributed by atoms with E-state index in [9.17, 15) is 0 Å². The molecule has 0 fully saturated rings. The zero-order valence-corrected chi connectivity index (χ0v) is 10.3. The minimum Gasteiger partial charge on any atom is -0.334 e. The van der Waals surface area contributed by atoms with E-state index in [1.165, 1.54) is 0 Å². The van der Waals surface area contributed by atoms with Gasteiger partial charge in [0.25, 0.3) is 5.89 Å². The summed E-state index contributed by atoms with van der Waals surface area (Å²) in [4.78, 5) is 4.43. The van der Waals surface area contributed by atoms with Crippen LogP contribution in [0.25, 0.3) is 22.8 Å². The Morgan fingerprint density at radius 3 is 2.47 bits per heavy atom. The van der Waals surface area contributed by atoms with E-state index in [-0.39, 0.29) is 0 Å². The Bertz CT molecular complexity index is 677. The number of nitrogens with zero attached hydrogens (tertiary/aromatic N) is 2. The van der Waals surface area contributed by atoms with Gasteiger partial charge in [0.15, 0.2) is 0 Å². The molecule has 0 aliphatic carbocycles. The van der Waals surface area contributed by atoms with Gasteiger partial charge >= 0.3 is 0 Å². The van der Waals surface area contributed by atoms with Gasteiger partial charge in [0.2, 0.25) is 5.82 Å². The normalized spacial score (nSPS) is 10.6. The highest BCUT2D eigenvalue weighted by Crippen LogP contribution is 2.24. The molecule has 0 amide bonds. The van der Waals surface area contributed by atoms with Crippen molar-refractivity contribution in [2.75, 3.05) is 0 Å². The molecule has 0 aliphatic rings. The summed E-state index contributed by atoms with van der Waals surface area (Å²) in [6, 6.07) is 17.5. The zero-order valence-electron chi connectivity index (χ0n) is 10.3. The van der Waals surface area contributed by atoms with Gasteiger partial charge in [-0.3, -0.25) is 0 Å². The van der Waals surface area contributed by atoms with E-state index >= 15 is 0 Å². The molecule has 0 atom stereocenters. The molecular formula is C15H13N3O. The Morgan fingerprint density at radius 2 is 1.68 bits per heavy atom. The molecule has 2 N–H and O–H groups in total. The van der Waals surface area contributed by atoms with Gasteiger partial charge < -0.3 is 10.3 Å². The zero-order chi connectivity index (χ0) is 13.1. The lowest BCUT2D eigenvalue weighted by molar-refractivity contribution is 0.432. The first-order chi connectivity index (χ1) is 9.38. The first-order valence-electron chi connectivity index (χ1n) is 6.06. The second-order valence-corrected chi connectivity index (χ2v) is 4.15. The first-order valence-corrected chi connectivity index (χ1v) is 6.06. The number of benzene rings is 2. The lowest BCUT2D eigenvalue weighted by Gasteiger charge is -2.01. The van der Waals surface area contributed by atoms with E-state index < -0.39 is 0 Å². The molecule has 1 aromatic heterocycles. The van der Waals surface area contributed by atoms with Crippen LogP contribution in [-0.2, 0) is 6.54 Å². The maximum absolute atomic E-state index is 5.72. The van der Waals surface area contributed by atoms with Crippen LogP contribution in [0.5, 0.6) is 0 Å². The van der Waals surface area contributed by atoms with Crippen molar-refractivity contribution < 1.29 is 4.52 Å². The second-order valence-electron chi connectivity index (χ2n) is 4.15. The average molecular weight is 251 g/mol. The molecule has 0 saturated carbocycles. The van der Waals surface area contributed by atoms with Gasteiger partial charge in [-0.25, -0.2) is 0 Å². The molecule has 3 rings (SSSR count). The van der Waals surface area contributed by atoms with E-state index in [0.29, 0.717) is 18.3 Å². The van der Waals surface area contributed by atoms with E-state index in [2.05, 4.69) is 10.1 Å². The fourth-order valence-corrected chi connectivity index (χ4v) is 1.94. The van der Waals surface area contributed by atoms with Gasteiger partial charge in [-0.15, -0.1) is 0 Å². The SMILES string of the molecule is NCc1ccccc1-c1nc(-c2ccccc2)no1. The minimum absolute atomic E-state index is 0.444. The van der Waals surface area contributed by atoms with Crippen molar-refractivity contribution in [2.24, 2.45) is 5.73 Å². The molecule has 3 aromatic rings. The number of rotatable bonds is 3. The standard InChI is InChI=1S/C15H13N3O/c16-10-12-8-4-5-9-13(12)15-17-14(18-19-15)11-6-2-1-3-7-11/h1-9H,10,16H2. The third-order valence-corrected chi connectivity index (χ3v) is 2.93. The van der Waals surface area contributed by atoms with Gasteiger partial charge in [-0.05, 0) is 11.6 Å². The lowest BCUT2D eigenvalue weighted by Crippen LogP contribution is -1.98. The predicted octanol–water partition coefficient (Wildman–Crippen LogP) is 2.86. The van der Waals surface area contributed by atoms with Crippen LogP contribution in [0.2, 0.25) is 0 Å². The number of hydrogen-bond acceptors (Lipinski definition) is 4. The molecule has 94 valence electrons. The highest BCUT2D eigenvalue weighted by molar-refractivity contribution is 5.62. The maximum atomic E-state index is 5.72. The Labute approximate surface area is 110 Å².